The van der Waals surface area contributed by atoms with Gasteiger partial charge in [0.05, 0.1) is 17.9 Å². The van der Waals surface area contributed by atoms with Crippen LogP contribution >= 0.6 is 15.9 Å². The van der Waals surface area contributed by atoms with E-state index >= 15 is 0 Å². The maximum atomic E-state index is 12.4. The number of fused-ring (bicyclic) bond motifs is 1. The summed E-state index contributed by atoms with van der Waals surface area (Å²) in [4.78, 5) is 18.0. The lowest BCUT2D eigenvalue weighted by atomic mass is 10.2. The molecule has 4 rings (SSSR count). The van der Waals surface area contributed by atoms with Crippen LogP contribution in [0.1, 0.15) is 17.3 Å². The molecule has 0 bridgehead atoms. The molecule has 0 saturated heterocycles. The number of rotatable bonds is 5. The van der Waals surface area contributed by atoms with Crippen molar-refractivity contribution in [1.82, 2.24) is 20.0 Å². The van der Waals surface area contributed by atoms with E-state index in [-0.39, 0.29) is 5.91 Å². The lowest BCUT2D eigenvalue weighted by molar-refractivity contribution is 0.102. The Labute approximate surface area is 169 Å². The van der Waals surface area contributed by atoms with E-state index in [1.54, 1.807) is 29.2 Å². The first-order valence-electron chi connectivity index (χ1n) is 8.64. The lowest BCUT2D eigenvalue weighted by Crippen LogP contribution is -2.12. The summed E-state index contributed by atoms with van der Waals surface area (Å²) < 4.78 is 6.20. The van der Waals surface area contributed by atoms with E-state index in [0.29, 0.717) is 23.4 Å². The van der Waals surface area contributed by atoms with Crippen molar-refractivity contribution in [2.45, 2.75) is 6.92 Å². The van der Waals surface area contributed by atoms with Crippen LogP contribution in [0.3, 0.4) is 0 Å². The molecular formula is C20H16BrN5O2. The molecule has 0 aliphatic heterocycles. The Hall–Kier alpha value is -3.26. The number of anilines is 1. The lowest BCUT2D eigenvalue weighted by Gasteiger charge is -2.04. The van der Waals surface area contributed by atoms with Crippen molar-refractivity contribution in [3.63, 3.8) is 0 Å². The summed E-state index contributed by atoms with van der Waals surface area (Å²) in [7, 11) is 0. The highest BCUT2D eigenvalue weighted by molar-refractivity contribution is 9.10. The fourth-order valence-electron chi connectivity index (χ4n) is 2.69. The fraction of sp³-hybridized carbons (Fsp3) is 0.100. The minimum Gasteiger partial charge on any atom is -0.494 e. The molecule has 0 radical (unpaired) electrons. The van der Waals surface area contributed by atoms with Gasteiger partial charge in [-0.2, -0.15) is 4.80 Å². The van der Waals surface area contributed by atoms with Crippen LogP contribution < -0.4 is 10.1 Å². The minimum absolute atomic E-state index is 0.243. The standard InChI is InChI=1S/C20H16BrN5O2/c1-2-28-17-6-4-16(5-7-17)26-24-18-8-3-15(10-19(18)25-26)23-20(27)13-9-14(21)12-22-11-13/h3-12H,2H2,1H3,(H,23,27). The van der Waals surface area contributed by atoms with Crippen LogP contribution in [0, 0.1) is 0 Å². The van der Waals surface area contributed by atoms with Crippen molar-refractivity contribution in [2.75, 3.05) is 11.9 Å². The van der Waals surface area contributed by atoms with E-state index in [4.69, 9.17) is 4.74 Å². The molecule has 0 unspecified atom stereocenters. The monoisotopic (exact) mass is 437 g/mol. The predicted molar refractivity (Wildman–Crippen MR) is 110 cm³/mol. The van der Waals surface area contributed by atoms with Gasteiger partial charge in [-0.05, 0) is 71.4 Å². The number of nitrogens with zero attached hydrogens (tertiary/aromatic N) is 4. The second kappa shape index (κ2) is 7.77. The van der Waals surface area contributed by atoms with Crippen molar-refractivity contribution in [3.8, 4) is 11.4 Å². The number of nitrogens with one attached hydrogen (secondary N) is 1. The van der Waals surface area contributed by atoms with Gasteiger partial charge in [-0.25, -0.2) is 0 Å². The second-order valence-electron chi connectivity index (χ2n) is 5.97. The molecule has 28 heavy (non-hydrogen) atoms. The highest BCUT2D eigenvalue weighted by Gasteiger charge is 2.10. The van der Waals surface area contributed by atoms with Gasteiger partial charge in [-0.15, -0.1) is 10.2 Å². The van der Waals surface area contributed by atoms with Crippen molar-refractivity contribution in [1.29, 1.82) is 0 Å². The topological polar surface area (TPSA) is 81.9 Å². The first-order valence-corrected chi connectivity index (χ1v) is 9.44. The smallest absolute Gasteiger partial charge is 0.257 e. The summed E-state index contributed by atoms with van der Waals surface area (Å²) in [6.45, 7) is 2.56. The Morgan fingerprint density at radius 3 is 2.61 bits per heavy atom. The Kier molecular flexibility index (Phi) is 5.03. The van der Waals surface area contributed by atoms with Crippen molar-refractivity contribution < 1.29 is 9.53 Å². The summed E-state index contributed by atoms with van der Waals surface area (Å²) in [5.41, 5.74) is 3.34. The molecule has 2 heterocycles. The van der Waals surface area contributed by atoms with Crippen LogP contribution in [0.25, 0.3) is 16.7 Å². The zero-order valence-corrected chi connectivity index (χ0v) is 16.5. The summed E-state index contributed by atoms with van der Waals surface area (Å²) in [6.07, 6.45) is 3.14. The van der Waals surface area contributed by atoms with Gasteiger partial charge < -0.3 is 10.1 Å². The summed E-state index contributed by atoms with van der Waals surface area (Å²) in [5, 5.41) is 11.8. The number of benzene rings is 2. The van der Waals surface area contributed by atoms with Gasteiger partial charge in [0, 0.05) is 22.6 Å². The van der Waals surface area contributed by atoms with Gasteiger partial charge in [0.2, 0.25) is 0 Å². The SMILES string of the molecule is CCOc1ccc(-n2nc3ccc(NC(=O)c4cncc(Br)c4)cc3n2)cc1. The van der Waals surface area contributed by atoms with Gasteiger partial charge in [0.1, 0.15) is 16.8 Å². The highest BCUT2D eigenvalue weighted by atomic mass is 79.9. The van der Waals surface area contributed by atoms with Crippen LogP contribution in [-0.4, -0.2) is 32.5 Å². The molecule has 0 aliphatic carbocycles. The quantitative estimate of drug-likeness (QED) is 0.505. The van der Waals surface area contributed by atoms with Crippen LogP contribution in [0.15, 0.2) is 65.4 Å². The second-order valence-corrected chi connectivity index (χ2v) is 6.88. The van der Waals surface area contributed by atoms with E-state index in [0.717, 1.165) is 21.4 Å². The molecule has 1 N–H and O–H groups in total. The largest absolute Gasteiger partial charge is 0.494 e. The third-order valence-corrected chi connectivity index (χ3v) is 4.42. The maximum Gasteiger partial charge on any atom is 0.257 e. The number of hydrogen-bond acceptors (Lipinski definition) is 5. The number of pyridine rings is 1. The molecule has 0 fully saturated rings. The Bertz CT molecular complexity index is 1140. The van der Waals surface area contributed by atoms with Gasteiger partial charge >= 0.3 is 0 Å². The minimum atomic E-state index is -0.243. The number of carbonyl (C=O) groups is 1. The zero-order chi connectivity index (χ0) is 19.5. The van der Waals surface area contributed by atoms with Gasteiger partial charge in [0.25, 0.3) is 5.91 Å². The van der Waals surface area contributed by atoms with Gasteiger partial charge in [0.15, 0.2) is 0 Å². The van der Waals surface area contributed by atoms with Crippen molar-refractivity contribution >= 4 is 38.6 Å². The molecule has 1 amide bonds. The average molecular weight is 438 g/mol. The van der Waals surface area contributed by atoms with E-state index in [9.17, 15) is 4.79 Å². The van der Waals surface area contributed by atoms with E-state index in [1.165, 1.54) is 6.20 Å². The number of amides is 1. The van der Waals surface area contributed by atoms with E-state index < -0.39 is 0 Å². The molecule has 8 heteroatoms. The Morgan fingerprint density at radius 1 is 1.07 bits per heavy atom. The summed E-state index contributed by atoms with van der Waals surface area (Å²) in [5.74, 6) is 0.557. The summed E-state index contributed by atoms with van der Waals surface area (Å²) in [6, 6.07) is 14.7. The van der Waals surface area contributed by atoms with Crippen LogP contribution in [-0.2, 0) is 0 Å². The molecule has 0 saturated carbocycles. The number of carbonyl (C=O) groups excluding carboxylic acids is 1. The molecule has 0 spiro atoms. The van der Waals surface area contributed by atoms with Crippen LogP contribution in [0.4, 0.5) is 5.69 Å². The van der Waals surface area contributed by atoms with Gasteiger partial charge in [-0.3, -0.25) is 9.78 Å². The summed E-state index contributed by atoms with van der Waals surface area (Å²) >= 11 is 3.32. The first-order chi connectivity index (χ1) is 13.6. The molecule has 7 nitrogen and oxygen atoms in total. The molecule has 0 aliphatic rings. The Morgan fingerprint density at radius 2 is 1.86 bits per heavy atom. The number of halogens is 1. The predicted octanol–water partition coefficient (Wildman–Crippen LogP) is 4.23. The highest BCUT2D eigenvalue weighted by Crippen LogP contribution is 2.20. The van der Waals surface area contributed by atoms with Gasteiger partial charge in [-0.1, -0.05) is 0 Å². The van der Waals surface area contributed by atoms with Crippen molar-refractivity contribution in [3.05, 3.63) is 71.0 Å². The number of hydrogen-bond donors (Lipinski definition) is 1. The van der Waals surface area contributed by atoms with Crippen LogP contribution in [0.5, 0.6) is 5.75 Å². The molecule has 0 atom stereocenters. The Balaban J connectivity index is 1.57. The number of aromatic nitrogens is 4. The van der Waals surface area contributed by atoms with Crippen LogP contribution in [0.2, 0.25) is 0 Å². The van der Waals surface area contributed by atoms with Crippen molar-refractivity contribution in [2.24, 2.45) is 0 Å². The maximum absolute atomic E-state index is 12.4. The number of ether oxygens (including phenoxy) is 1. The third-order valence-electron chi connectivity index (χ3n) is 3.98. The first kappa shape index (κ1) is 18.1. The normalized spacial score (nSPS) is 10.8. The molecule has 140 valence electrons. The average Bonchev–Trinajstić information content (AvgIpc) is 3.12. The van der Waals surface area contributed by atoms with E-state index in [1.807, 2.05) is 37.3 Å². The zero-order valence-electron chi connectivity index (χ0n) is 15.0. The molecule has 4 aromatic rings. The van der Waals surface area contributed by atoms with E-state index in [2.05, 4.69) is 36.4 Å². The fourth-order valence-corrected chi connectivity index (χ4v) is 3.05. The molecular weight excluding hydrogens is 422 g/mol. The molecule has 2 aromatic heterocycles. The molecule has 2 aromatic carbocycles. The third kappa shape index (κ3) is 3.86.